The summed E-state index contributed by atoms with van der Waals surface area (Å²) >= 11 is 0. The number of unbranched alkanes of at least 4 members (excludes halogenated alkanes) is 52. The third kappa shape index (κ3) is 61.6. The zero-order chi connectivity index (χ0) is 55.0. The van der Waals surface area contributed by atoms with E-state index in [1.807, 2.05) is 6.08 Å². The highest BCUT2D eigenvalue weighted by molar-refractivity contribution is 5.76. The van der Waals surface area contributed by atoms with Gasteiger partial charge in [0.25, 0.3) is 0 Å². The van der Waals surface area contributed by atoms with Crippen molar-refractivity contribution in [2.75, 3.05) is 13.2 Å². The first-order chi connectivity index (χ1) is 37.5. The molecule has 0 saturated carbocycles. The number of ether oxygens (including phenoxy) is 1. The molecule has 0 aliphatic rings. The first kappa shape index (κ1) is 74.3. The van der Waals surface area contributed by atoms with E-state index in [2.05, 4.69) is 31.3 Å². The van der Waals surface area contributed by atoms with E-state index in [1.54, 1.807) is 6.08 Å². The van der Waals surface area contributed by atoms with Crippen molar-refractivity contribution in [1.29, 1.82) is 0 Å². The highest BCUT2D eigenvalue weighted by Crippen LogP contribution is 2.19. The van der Waals surface area contributed by atoms with Crippen LogP contribution >= 0.6 is 0 Å². The summed E-state index contributed by atoms with van der Waals surface area (Å²) in [5.74, 6) is -0.0453. The normalized spacial score (nSPS) is 12.6. The van der Waals surface area contributed by atoms with E-state index in [-0.39, 0.29) is 18.5 Å². The van der Waals surface area contributed by atoms with E-state index in [9.17, 15) is 19.8 Å². The van der Waals surface area contributed by atoms with Gasteiger partial charge in [-0.25, -0.2) is 0 Å². The quantitative estimate of drug-likeness (QED) is 0.0320. The second kappa shape index (κ2) is 65.9. The van der Waals surface area contributed by atoms with Crippen LogP contribution in [0.2, 0.25) is 0 Å². The maximum absolute atomic E-state index is 12.4. The molecule has 0 bridgehead atoms. The Morgan fingerprint density at radius 3 is 0.934 bits per heavy atom. The fraction of sp³-hybridized carbons (Fsp3) is 0.914. The highest BCUT2D eigenvalue weighted by atomic mass is 16.5. The van der Waals surface area contributed by atoms with Crippen LogP contribution in [0.3, 0.4) is 0 Å². The Hall–Kier alpha value is -1.66. The standard InChI is InChI=1S/C70H135NO5/c1-3-5-7-9-11-13-15-17-18-19-30-34-37-40-44-48-52-56-60-64-70(75)76-65-61-57-53-49-45-41-38-35-32-29-27-25-23-21-20-22-24-26-28-31-33-36-39-43-47-51-55-59-63-69(74)71-67(66-72)68(73)62-58-54-50-46-42-16-14-12-10-8-6-4-2/h17-18,58,62,67-68,72-73H,3-16,19-57,59-61,63-66H2,1-2H3,(H,71,74)/b18-17-,62-58+. The molecule has 0 heterocycles. The second-order valence-corrected chi connectivity index (χ2v) is 23.9. The average molecular weight is 1070 g/mol. The first-order valence-corrected chi connectivity index (χ1v) is 34.6. The Labute approximate surface area is 475 Å². The van der Waals surface area contributed by atoms with Crippen molar-refractivity contribution >= 4 is 11.9 Å². The molecule has 0 radical (unpaired) electrons. The summed E-state index contributed by atoms with van der Waals surface area (Å²) in [6.07, 6.45) is 82.6. The van der Waals surface area contributed by atoms with Gasteiger partial charge in [-0.05, 0) is 57.8 Å². The van der Waals surface area contributed by atoms with Crippen LogP contribution in [0.5, 0.6) is 0 Å². The number of amides is 1. The molecule has 6 nitrogen and oxygen atoms in total. The van der Waals surface area contributed by atoms with E-state index in [1.165, 1.54) is 321 Å². The lowest BCUT2D eigenvalue weighted by Crippen LogP contribution is -2.45. The molecule has 0 rings (SSSR count). The van der Waals surface area contributed by atoms with Gasteiger partial charge in [-0.2, -0.15) is 0 Å². The van der Waals surface area contributed by atoms with Crippen molar-refractivity contribution in [2.45, 2.75) is 398 Å². The summed E-state index contributed by atoms with van der Waals surface area (Å²) in [6, 6.07) is -0.624. The van der Waals surface area contributed by atoms with Crippen molar-refractivity contribution in [1.82, 2.24) is 5.32 Å². The van der Waals surface area contributed by atoms with Crippen LogP contribution < -0.4 is 5.32 Å². The number of hydrogen-bond donors (Lipinski definition) is 3. The predicted molar refractivity (Wildman–Crippen MR) is 333 cm³/mol. The van der Waals surface area contributed by atoms with Gasteiger partial charge in [0.2, 0.25) is 5.91 Å². The Morgan fingerprint density at radius 2 is 0.618 bits per heavy atom. The van der Waals surface area contributed by atoms with Crippen LogP contribution in [0.15, 0.2) is 24.3 Å². The van der Waals surface area contributed by atoms with Crippen LogP contribution in [0.1, 0.15) is 386 Å². The molecule has 76 heavy (non-hydrogen) atoms. The molecule has 0 fully saturated rings. The number of carbonyl (C=O) groups is 2. The van der Waals surface area contributed by atoms with Crippen molar-refractivity contribution in [3.8, 4) is 0 Å². The van der Waals surface area contributed by atoms with Gasteiger partial charge in [-0.1, -0.05) is 340 Å². The summed E-state index contributed by atoms with van der Waals surface area (Å²) in [5, 5.41) is 23.1. The predicted octanol–water partition coefficient (Wildman–Crippen LogP) is 22.1. The fourth-order valence-electron chi connectivity index (χ4n) is 10.9. The van der Waals surface area contributed by atoms with E-state index in [0.29, 0.717) is 19.4 Å². The van der Waals surface area contributed by atoms with Gasteiger partial charge >= 0.3 is 5.97 Å². The van der Waals surface area contributed by atoms with Crippen molar-refractivity contribution in [3.63, 3.8) is 0 Å². The van der Waals surface area contributed by atoms with Crippen molar-refractivity contribution in [3.05, 3.63) is 24.3 Å². The molecule has 450 valence electrons. The maximum atomic E-state index is 12.4. The average Bonchev–Trinajstić information content (AvgIpc) is 3.42. The molecule has 0 spiro atoms. The number of hydrogen-bond acceptors (Lipinski definition) is 5. The zero-order valence-electron chi connectivity index (χ0n) is 51.5. The molecule has 0 aromatic rings. The van der Waals surface area contributed by atoms with Crippen LogP contribution in [0.25, 0.3) is 0 Å². The first-order valence-electron chi connectivity index (χ1n) is 34.6. The summed E-state index contributed by atoms with van der Waals surface area (Å²) in [6.45, 7) is 4.92. The molecule has 2 unspecified atom stereocenters. The van der Waals surface area contributed by atoms with E-state index in [0.717, 1.165) is 38.5 Å². The zero-order valence-corrected chi connectivity index (χ0v) is 51.5. The Balaban J connectivity index is 3.32. The van der Waals surface area contributed by atoms with Crippen LogP contribution in [0.4, 0.5) is 0 Å². The minimum Gasteiger partial charge on any atom is -0.466 e. The van der Waals surface area contributed by atoms with E-state index < -0.39 is 12.1 Å². The molecular weight excluding hydrogens is 935 g/mol. The molecule has 0 aromatic heterocycles. The van der Waals surface area contributed by atoms with Gasteiger partial charge in [0, 0.05) is 12.8 Å². The van der Waals surface area contributed by atoms with Gasteiger partial charge in [-0.3, -0.25) is 9.59 Å². The third-order valence-electron chi connectivity index (χ3n) is 16.2. The molecule has 6 heteroatoms. The molecule has 0 saturated heterocycles. The number of aliphatic hydroxyl groups excluding tert-OH is 2. The largest absolute Gasteiger partial charge is 0.466 e. The lowest BCUT2D eigenvalue weighted by Gasteiger charge is -2.20. The smallest absolute Gasteiger partial charge is 0.305 e. The summed E-state index contributed by atoms with van der Waals surface area (Å²) in [4.78, 5) is 24.6. The van der Waals surface area contributed by atoms with Crippen molar-refractivity contribution in [2.24, 2.45) is 0 Å². The minimum absolute atomic E-state index is 0.0186. The number of aliphatic hydroxyl groups is 2. The lowest BCUT2D eigenvalue weighted by molar-refractivity contribution is -0.143. The van der Waals surface area contributed by atoms with E-state index in [4.69, 9.17) is 4.74 Å². The molecule has 0 aliphatic heterocycles. The molecule has 1 amide bonds. The number of allylic oxidation sites excluding steroid dienone is 3. The molecular formula is C70H135NO5. The number of nitrogens with one attached hydrogen (secondary N) is 1. The van der Waals surface area contributed by atoms with Crippen LogP contribution in [-0.2, 0) is 14.3 Å². The van der Waals surface area contributed by atoms with E-state index >= 15 is 0 Å². The highest BCUT2D eigenvalue weighted by Gasteiger charge is 2.18. The molecule has 3 N–H and O–H groups in total. The fourth-order valence-corrected chi connectivity index (χ4v) is 10.9. The van der Waals surface area contributed by atoms with Crippen LogP contribution in [0, 0.1) is 0 Å². The maximum Gasteiger partial charge on any atom is 0.305 e. The lowest BCUT2D eigenvalue weighted by atomic mass is 10.0. The second-order valence-electron chi connectivity index (χ2n) is 23.9. The summed E-state index contributed by atoms with van der Waals surface area (Å²) < 4.78 is 5.51. The van der Waals surface area contributed by atoms with Gasteiger partial charge in [0.05, 0.1) is 25.4 Å². The van der Waals surface area contributed by atoms with Gasteiger partial charge in [-0.15, -0.1) is 0 Å². The Bertz CT molecular complexity index is 1190. The monoisotopic (exact) mass is 1070 g/mol. The molecule has 0 aromatic carbocycles. The number of carbonyl (C=O) groups excluding carboxylic acids is 2. The Morgan fingerprint density at radius 1 is 0.355 bits per heavy atom. The van der Waals surface area contributed by atoms with Gasteiger partial charge < -0.3 is 20.3 Å². The summed E-state index contributed by atoms with van der Waals surface area (Å²) in [5.41, 5.74) is 0. The molecule has 2 atom stereocenters. The minimum atomic E-state index is -0.841. The van der Waals surface area contributed by atoms with Gasteiger partial charge in [0.1, 0.15) is 0 Å². The third-order valence-corrected chi connectivity index (χ3v) is 16.2. The number of rotatable bonds is 65. The van der Waals surface area contributed by atoms with Crippen molar-refractivity contribution < 1.29 is 24.5 Å². The topological polar surface area (TPSA) is 95.9 Å². The SMILES string of the molecule is CCCCCCCC/C=C\CCCCCCCCCCCC(=O)OCCCCCCCCCCCCCCCCCCCCCCCCCCCCCCC(=O)NC(CO)C(O)/C=C/CCCCCCCCCCCC. The molecule has 0 aliphatic carbocycles. The Kier molecular flexibility index (Phi) is 64.4. The summed E-state index contributed by atoms with van der Waals surface area (Å²) in [7, 11) is 0. The van der Waals surface area contributed by atoms with Gasteiger partial charge in [0.15, 0.2) is 0 Å². The number of esters is 1. The van der Waals surface area contributed by atoms with Crippen LogP contribution in [-0.4, -0.2) is 47.4 Å².